The Kier molecular flexibility index (Phi) is 4.49. The van der Waals surface area contributed by atoms with Crippen molar-refractivity contribution in [1.82, 2.24) is 24.9 Å². The Morgan fingerprint density at radius 1 is 1.33 bits per heavy atom. The average Bonchev–Trinajstić information content (AvgIpc) is 3.06. The van der Waals surface area contributed by atoms with Gasteiger partial charge in [-0.25, -0.2) is 24.3 Å². The molecule has 7 nitrogen and oxygen atoms in total. The first-order valence-electron chi connectivity index (χ1n) is 8.36. The van der Waals surface area contributed by atoms with Gasteiger partial charge in [0.15, 0.2) is 23.1 Å². The molecule has 1 aliphatic carbocycles. The van der Waals surface area contributed by atoms with Gasteiger partial charge < -0.3 is 15.4 Å². The third-order valence-corrected chi connectivity index (χ3v) is 4.62. The predicted octanol–water partition coefficient (Wildman–Crippen LogP) is 4.03. The van der Waals surface area contributed by atoms with Crippen molar-refractivity contribution in [1.29, 1.82) is 0 Å². The van der Waals surface area contributed by atoms with Crippen LogP contribution in [0.1, 0.15) is 13.3 Å². The number of anilines is 1. The lowest BCUT2D eigenvalue weighted by Gasteiger charge is -2.24. The largest absolute Gasteiger partial charge is 0.512 e. The van der Waals surface area contributed by atoms with Crippen LogP contribution in [0.4, 0.5) is 10.2 Å². The van der Waals surface area contributed by atoms with Crippen molar-refractivity contribution in [3.63, 3.8) is 0 Å². The molecular weight excluding hydrogens is 371 g/mol. The summed E-state index contributed by atoms with van der Waals surface area (Å²) in [5.41, 5.74) is 1.63. The van der Waals surface area contributed by atoms with Crippen LogP contribution in [0.3, 0.4) is 0 Å². The third-order valence-electron chi connectivity index (χ3n) is 4.43. The lowest BCUT2D eigenvalue weighted by atomic mass is 9.93. The number of aliphatic hydroxyl groups is 1. The Morgan fingerprint density at radius 3 is 3.00 bits per heavy atom. The summed E-state index contributed by atoms with van der Waals surface area (Å²) in [4.78, 5) is 19.8. The van der Waals surface area contributed by atoms with Crippen molar-refractivity contribution in [2.75, 3.05) is 5.32 Å². The number of fused-ring (bicyclic) bond motifs is 1. The maximum atomic E-state index is 14.3. The highest BCUT2D eigenvalue weighted by molar-refractivity contribution is 6.29. The van der Waals surface area contributed by atoms with Crippen LogP contribution < -0.4 is 5.32 Å². The number of nitrogens with one attached hydrogen (secondary N) is 2. The summed E-state index contributed by atoms with van der Waals surface area (Å²) in [6.45, 7) is 1.91. The molecule has 1 aliphatic rings. The van der Waals surface area contributed by atoms with Crippen molar-refractivity contribution in [2.24, 2.45) is 5.92 Å². The molecule has 3 N–H and O–H groups in total. The molecule has 0 radical (unpaired) electrons. The quantitative estimate of drug-likeness (QED) is 0.626. The van der Waals surface area contributed by atoms with Crippen molar-refractivity contribution in [2.45, 2.75) is 19.4 Å². The molecule has 0 saturated heterocycles. The number of nitrogens with zero attached hydrogens (tertiary/aromatic N) is 4. The number of hydrogen-bond donors (Lipinski definition) is 3. The molecule has 0 fully saturated rings. The highest BCUT2D eigenvalue weighted by Gasteiger charge is 2.21. The highest BCUT2D eigenvalue weighted by atomic mass is 35.5. The number of allylic oxidation sites excluding steroid dienone is 3. The molecular formula is C18H16ClFN6O. The van der Waals surface area contributed by atoms with Gasteiger partial charge in [0.2, 0.25) is 0 Å². The van der Waals surface area contributed by atoms with Crippen LogP contribution in [0.5, 0.6) is 0 Å². The topological polar surface area (TPSA) is 99.6 Å². The van der Waals surface area contributed by atoms with Crippen molar-refractivity contribution in [3.05, 3.63) is 53.5 Å². The number of H-pyrrole nitrogens is 1. The van der Waals surface area contributed by atoms with Crippen LogP contribution in [-0.2, 0) is 0 Å². The SMILES string of the molecule is C[C@H](Nc1nc(-c2c[nH]c3ncc(Cl)nc23)ncc1F)C1C=CC=C(O)C1. The summed E-state index contributed by atoms with van der Waals surface area (Å²) in [5, 5.41) is 13.0. The zero-order valence-corrected chi connectivity index (χ0v) is 15.1. The minimum Gasteiger partial charge on any atom is -0.512 e. The van der Waals surface area contributed by atoms with E-state index in [4.69, 9.17) is 11.6 Å². The molecule has 138 valence electrons. The summed E-state index contributed by atoms with van der Waals surface area (Å²) < 4.78 is 14.3. The smallest absolute Gasteiger partial charge is 0.183 e. The molecule has 3 heterocycles. The molecule has 9 heteroatoms. The third kappa shape index (κ3) is 3.48. The van der Waals surface area contributed by atoms with Crippen molar-refractivity contribution in [3.8, 4) is 11.4 Å². The molecule has 0 bridgehead atoms. The zero-order chi connectivity index (χ0) is 19.0. The second kappa shape index (κ2) is 6.96. The van der Waals surface area contributed by atoms with E-state index in [1.807, 2.05) is 13.0 Å². The second-order valence-electron chi connectivity index (χ2n) is 6.33. The van der Waals surface area contributed by atoms with Crippen molar-refractivity contribution < 1.29 is 9.50 Å². The van der Waals surface area contributed by atoms with E-state index in [1.54, 1.807) is 18.3 Å². The van der Waals surface area contributed by atoms with E-state index in [-0.39, 0.29) is 22.9 Å². The fourth-order valence-electron chi connectivity index (χ4n) is 2.99. The average molecular weight is 387 g/mol. The molecule has 2 atom stereocenters. The molecule has 3 aromatic heterocycles. The zero-order valence-electron chi connectivity index (χ0n) is 14.3. The number of hydrogen-bond acceptors (Lipinski definition) is 6. The van der Waals surface area contributed by atoms with Crippen LogP contribution in [0, 0.1) is 11.7 Å². The highest BCUT2D eigenvalue weighted by Crippen LogP contribution is 2.27. The Morgan fingerprint density at radius 2 is 2.19 bits per heavy atom. The molecule has 0 spiro atoms. The van der Waals surface area contributed by atoms with E-state index in [0.29, 0.717) is 34.7 Å². The first-order valence-corrected chi connectivity index (χ1v) is 8.74. The number of aliphatic hydroxyl groups excluding tert-OH is 1. The van der Waals surface area contributed by atoms with Gasteiger partial charge in [0.25, 0.3) is 0 Å². The molecule has 27 heavy (non-hydrogen) atoms. The summed E-state index contributed by atoms with van der Waals surface area (Å²) in [6, 6.07) is -0.147. The predicted molar refractivity (Wildman–Crippen MR) is 101 cm³/mol. The van der Waals surface area contributed by atoms with Gasteiger partial charge in [0.05, 0.1) is 23.7 Å². The van der Waals surface area contributed by atoms with E-state index >= 15 is 0 Å². The number of aromatic nitrogens is 5. The number of rotatable bonds is 4. The summed E-state index contributed by atoms with van der Waals surface area (Å²) in [6.07, 6.45) is 10.1. The van der Waals surface area contributed by atoms with Gasteiger partial charge in [-0.3, -0.25) is 0 Å². The maximum absolute atomic E-state index is 14.3. The Hall–Kier alpha value is -3.00. The molecule has 0 aliphatic heterocycles. The maximum Gasteiger partial charge on any atom is 0.183 e. The second-order valence-corrected chi connectivity index (χ2v) is 6.71. The molecule has 0 saturated carbocycles. The Labute approximate surface area is 159 Å². The summed E-state index contributed by atoms with van der Waals surface area (Å²) in [7, 11) is 0. The summed E-state index contributed by atoms with van der Waals surface area (Å²) >= 11 is 5.93. The van der Waals surface area contributed by atoms with E-state index in [1.165, 1.54) is 6.20 Å². The Balaban J connectivity index is 1.64. The van der Waals surface area contributed by atoms with E-state index in [0.717, 1.165) is 6.20 Å². The number of aromatic amines is 1. The normalized spacial score (nSPS) is 17.7. The van der Waals surface area contributed by atoms with E-state index < -0.39 is 5.82 Å². The monoisotopic (exact) mass is 386 g/mol. The molecule has 0 amide bonds. The fraction of sp³-hybridized carbons (Fsp3) is 0.222. The molecule has 3 aromatic rings. The fourth-order valence-corrected chi connectivity index (χ4v) is 3.12. The standard InChI is InChI=1S/C18H16ClFN6O/c1-9(10-3-2-4-11(27)5-10)24-17-13(20)7-22-16(26-17)12-6-21-18-15(12)25-14(19)8-23-18/h2-4,6-10,27H,5H2,1H3,(H,21,23)(H,22,24,26)/t9-,10?/m0/s1. The minimum absolute atomic E-state index is 0.0191. The van der Waals surface area contributed by atoms with Crippen LogP contribution in [-0.4, -0.2) is 36.1 Å². The molecule has 0 aromatic carbocycles. The first-order chi connectivity index (χ1) is 13.0. The molecule has 1 unspecified atom stereocenters. The molecule has 4 rings (SSSR count). The van der Waals surface area contributed by atoms with Gasteiger partial charge in [0, 0.05) is 24.6 Å². The van der Waals surface area contributed by atoms with Gasteiger partial charge in [-0.15, -0.1) is 0 Å². The lowest BCUT2D eigenvalue weighted by Crippen LogP contribution is -2.27. The van der Waals surface area contributed by atoms with Gasteiger partial charge in [0.1, 0.15) is 10.7 Å². The first kappa shape index (κ1) is 17.4. The number of halogens is 2. The van der Waals surface area contributed by atoms with Crippen LogP contribution in [0.15, 0.2) is 42.6 Å². The van der Waals surface area contributed by atoms with Crippen molar-refractivity contribution >= 4 is 28.6 Å². The van der Waals surface area contributed by atoms with Gasteiger partial charge in [-0.1, -0.05) is 23.8 Å². The van der Waals surface area contributed by atoms with Crippen LogP contribution in [0.25, 0.3) is 22.6 Å². The Bertz CT molecular complexity index is 1060. The van der Waals surface area contributed by atoms with Gasteiger partial charge in [-0.2, -0.15) is 0 Å². The van der Waals surface area contributed by atoms with Crippen LogP contribution >= 0.6 is 11.6 Å². The van der Waals surface area contributed by atoms with Gasteiger partial charge in [-0.05, 0) is 13.0 Å². The lowest BCUT2D eigenvalue weighted by molar-refractivity contribution is 0.354. The summed E-state index contributed by atoms with van der Waals surface area (Å²) in [5.74, 6) is 0.143. The minimum atomic E-state index is -0.561. The van der Waals surface area contributed by atoms with E-state index in [2.05, 4.69) is 30.2 Å². The van der Waals surface area contributed by atoms with Gasteiger partial charge >= 0.3 is 0 Å². The van der Waals surface area contributed by atoms with Crippen LogP contribution in [0.2, 0.25) is 5.15 Å². The van der Waals surface area contributed by atoms with E-state index in [9.17, 15) is 9.50 Å².